The highest BCUT2D eigenvalue weighted by atomic mass is 19.1. The molecule has 4 aromatic rings. The Labute approximate surface area is 453 Å². The Morgan fingerprint density at radius 3 is 1.39 bits per heavy atom. The van der Waals surface area contributed by atoms with Gasteiger partial charge in [0.25, 0.3) is 11.8 Å². The van der Waals surface area contributed by atoms with Gasteiger partial charge >= 0.3 is 0 Å². The lowest BCUT2D eigenvalue weighted by molar-refractivity contribution is -0.135. The van der Waals surface area contributed by atoms with E-state index in [1.807, 2.05) is 43.1 Å². The molecule has 4 aliphatic rings. The molecule has 0 aromatic heterocycles. The van der Waals surface area contributed by atoms with Gasteiger partial charge in [0.15, 0.2) is 0 Å². The molecule has 2 saturated carbocycles. The van der Waals surface area contributed by atoms with Crippen LogP contribution < -0.4 is 54.4 Å². The van der Waals surface area contributed by atoms with E-state index >= 15 is 0 Å². The van der Waals surface area contributed by atoms with Crippen LogP contribution in [-0.2, 0) is 9.59 Å². The molecule has 4 aromatic carbocycles. The maximum absolute atomic E-state index is 13.4. The third-order valence-electron chi connectivity index (χ3n) is 13.4. The number of rotatable bonds is 20. The quantitative estimate of drug-likeness (QED) is 0.0348. The van der Waals surface area contributed by atoms with E-state index in [0.29, 0.717) is 73.5 Å². The molecule has 4 atom stereocenters. The zero-order chi connectivity index (χ0) is 55.5. The number of piperazine rings is 2. The van der Waals surface area contributed by atoms with Crippen LogP contribution in [0.15, 0.2) is 128 Å². The molecule has 2 saturated heterocycles. The minimum atomic E-state index is -0.606. The van der Waals surface area contributed by atoms with Crippen molar-refractivity contribution in [1.82, 2.24) is 40.9 Å². The molecule has 0 bridgehead atoms. The van der Waals surface area contributed by atoms with E-state index < -0.39 is 12.1 Å². The van der Waals surface area contributed by atoms with Crippen molar-refractivity contribution in [3.63, 3.8) is 0 Å². The molecular weight excluding hydrogens is 983 g/mol. The average molecular weight is 1070 g/mol. The first-order valence-electron chi connectivity index (χ1n) is 26.7. The Kier molecular flexibility index (Phi) is 25.8. The standard InChI is InChI=1S/C28H38FN7O2.C20H33N7O2.C6H5F.C3H6/c1-34-15-17-35(18-16-34)28(38)25(33-27(37)21-6-10-23(11-7-21)36(31)14-12-30)3-2-13-32-26-19-24(26)20-4-8-22(29)9-5-20;1-23-10-3-4-18(20(29)26-14-12-25(2)13-15-26)24-19(28)16-5-7-17(8-6-16)27(22)11-9-21;7-6-4-2-1-3-5-6;1-2-3-1/h4-12,14,24-26,32H,2-3,13,15-19,30-31H2,1H3,(H,33,37);5-9,11,18,23H,3-4,10,12-15,21-22H2,1-2H3,(H,24,28);1-5H;1-3H2/b14-12-;11-9-;;/t24?,25-,26?;18-;;/m11../s1. The first-order valence-corrected chi connectivity index (χ1v) is 26.7. The normalized spacial score (nSPS) is 17.8. The fourth-order valence-corrected chi connectivity index (χ4v) is 8.41. The molecule has 20 heteroatoms. The van der Waals surface area contributed by atoms with Crippen LogP contribution in [0.1, 0.15) is 83.6 Å². The lowest BCUT2D eigenvalue weighted by atomic mass is 10.1. The van der Waals surface area contributed by atoms with Gasteiger partial charge in [-0.3, -0.25) is 29.2 Å². The van der Waals surface area contributed by atoms with Gasteiger partial charge in [-0.15, -0.1) is 0 Å². The topological polar surface area (TPSA) is 240 Å². The summed E-state index contributed by atoms with van der Waals surface area (Å²) in [5.74, 6) is 11.1. The lowest BCUT2D eigenvalue weighted by Gasteiger charge is -2.34. The molecule has 12 N–H and O–H groups in total. The third kappa shape index (κ3) is 21.5. The number of hydrogen-bond donors (Lipinski definition) is 8. The number of anilines is 2. The number of carbonyl (C=O) groups is 4. The second kappa shape index (κ2) is 32.6. The number of amides is 4. The molecule has 418 valence electrons. The van der Waals surface area contributed by atoms with E-state index in [0.717, 1.165) is 64.1 Å². The van der Waals surface area contributed by atoms with Crippen LogP contribution >= 0.6 is 0 Å². The molecule has 2 aliphatic heterocycles. The Morgan fingerprint density at radius 1 is 0.597 bits per heavy atom. The summed E-state index contributed by atoms with van der Waals surface area (Å²) in [6, 6.07) is 27.5. The fourth-order valence-electron chi connectivity index (χ4n) is 8.41. The van der Waals surface area contributed by atoms with Crippen molar-refractivity contribution in [3.05, 3.63) is 156 Å². The van der Waals surface area contributed by atoms with Crippen LogP contribution in [0.5, 0.6) is 0 Å². The summed E-state index contributed by atoms with van der Waals surface area (Å²) < 4.78 is 25.1. The van der Waals surface area contributed by atoms with E-state index in [4.69, 9.17) is 23.2 Å². The van der Waals surface area contributed by atoms with E-state index in [1.165, 1.54) is 78.3 Å². The summed E-state index contributed by atoms with van der Waals surface area (Å²) in [6.45, 7) is 7.51. The van der Waals surface area contributed by atoms with Gasteiger partial charge in [-0.25, -0.2) is 20.5 Å². The predicted molar refractivity (Wildman–Crippen MR) is 302 cm³/mol. The van der Waals surface area contributed by atoms with E-state index in [-0.39, 0.29) is 35.3 Å². The van der Waals surface area contributed by atoms with Crippen molar-refractivity contribution >= 4 is 35.0 Å². The highest BCUT2D eigenvalue weighted by molar-refractivity contribution is 5.98. The van der Waals surface area contributed by atoms with Crippen LogP contribution in [0.3, 0.4) is 0 Å². The lowest BCUT2D eigenvalue weighted by Crippen LogP contribution is -2.54. The van der Waals surface area contributed by atoms with E-state index in [2.05, 4.69) is 31.1 Å². The van der Waals surface area contributed by atoms with Crippen LogP contribution in [0.2, 0.25) is 0 Å². The van der Waals surface area contributed by atoms with E-state index in [1.54, 1.807) is 66.7 Å². The molecule has 0 radical (unpaired) electrons. The molecule has 18 nitrogen and oxygen atoms in total. The number of nitrogens with zero attached hydrogens (tertiary/aromatic N) is 6. The SMILES string of the molecule is C1CC1.CN1CCN(C(=O)[C@@H](CCCNC2CC2c2ccc(F)cc2)NC(=O)c2ccc(N(N)/C=C\N)cc2)CC1.CNCCC[C@@H](NC(=O)c1ccc(N(N)/C=C\N)cc1)C(=O)N1CCN(C)CC1.Fc1ccccc1. The zero-order valence-corrected chi connectivity index (χ0v) is 45.0. The smallest absolute Gasteiger partial charge is 0.251 e. The number of nitrogens with one attached hydrogen (secondary N) is 4. The largest absolute Gasteiger partial charge is 0.403 e. The van der Waals surface area contributed by atoms with Gasteiger partial charge < -0.3 is 52.3 Å². The minimum absolute atomic E-state index is 0.0135. The molecule has 4 amide bonds. The van der Waals surface area contributed by atoms with Gasteiger partial charge in [0.1, 0.15) is 23.7 Å². The minimum Gasteiger partial charge on any atom is -0.403 e. The van der Waals surface area contributed by atoms with Crippen molar-refractivity contribution < 1.29 is 28.0 Å². The average Bonchev–Trinajstić information content (AvgIpc) is 4.40. The Balaban J connectivity index is 0.000000245. The number of halogens is 2. The van der Waals surface area contributed by atoms with Crippen molar-refractivity contribution in [2.75, 3.05) is 96.6 Å². The molecular formula is C57H82F2N14O4. The van der Waals surface area contributed by atoms with Crippen molar-refractivity contribution in [2.45, 2.75) is 75.4 Å². The first kappa shape index (κ1) is 60.9. The third-order valence-corrected chi connectivity index (χ3v) is 13.4. The van der Waals surface area contributed by atoms with Crippen molar-refractivity contribution in [3.8, 4) is 0 Å². The molecule has 2 aliphatic carbocycles. The first-order chi connectivity index (χ1) is 37.2. The number of hydrogen-bond acceptors (Lipinski definition) is 14. The fraction of sp³-hybridized carbons (Fsp3) is 0.439. The van der Waals surface area contributed by atoms with Gasteiger partial charge in [-0.2, -0.15) is 0 Å². The van der Waals surface area contributed by atoms with Crippen molar-refractivity contribution in [2.24, 2.45) is 23.2 Å². The Morgan fingerprint density at radius 2 is 1.01 bits per heavy atom. The van der Waals surface area contributed by atoms with Crippen LogP contribution in [0.25, 0.3) is 0 Å². The van der Waals surface area contributed by atoms with E-state index in [9.17, 15) is 28.0 Å². The summed E-state index contributed by atoms with van der Waals surface area (Å²) in [6.07, 6.45) is 13.9. The summed E-state index contributed by atoms with van der Waals surface area (Å²) in [7, 11) is 5.96. The van der Waals surface area contributed by atoms with Crippen molar-refractivity contribution in [1.29, 1.82) is 0 Å². The predicted octanol–water partition coefficient (Wildman–Crippen LogP) is 4.40. The molecule has 8 rings (SSSR count). The molecule has 2 heterocycles. The summed E-state index contributed by atoms with van der Waals surface area (Å²) >= 11 is 0. The van der Waals surface area contributed by atoms with Crippen LogP contribution in [0, 0.1) is 11.6 Å². The summed E-state index contributed by atoms with van der Waals surface area (Å²) in [5, 5.41) is 15.2. The number of nitrogens with two attached hydrogens (primary N) is 4. The molecule has 77 heavy (non-hydrogen) atoms. The van der Waals surface area contributed by atoms with Gasteiger partial charge in [0.05, 0.1) is 11.4 Å². The summed E-state index contributed by atoms with van der Waals surface area (Å²) in [5.41, 5.74) is 14.2. The number of hydrazine groups is 2. The second-order valence-electron chi connectivity index (χ2n) is 19.6. The number of benzene rings is 4. The highest BCUT2D eigenvalue weighted by Gasteiger charge is 2.38. The van der Waals surface area contributed by atoms with Gasteiger partial charge in [-0.1, -0.05) is 49.6 Å². The monoisotopic (exact) mass is 1060 g/mol. The summed E-state index contributed by atoms with van der Waals surface area (Å²) in [4.78, 5) is 60.3. The number of likely N-dealkylation sites (N-methyl/N-ethyl adjacent to an activating group) is 2. The van der Waals surface area contributed by atoms with Gasteiger partial charge in [-0.05, 0) is 145 Å². The Bertz CT molecular complexity index is 2430. The zero-order valence-electron chi connectivity index (χ0n) is 45.0. The Hall–Kier alpha value is -6.94. The van der Waals surface area contributed by atoms with Crippen LogP contribution in [0.4, 0.5) is 20.2 Å². The maximum atomic E-state index is 13.4. The number of carbonyl (C=O) groups excluding carboxylic acids is 4. The van der Waals surface area contributed by atoms with Gasteiger partial charge in [0, 0.05) is 100 Å². The maximum Gasteiger partial charge on any atom is 0.251 e. The molecule has 4 fully saturated rings. The molecule has 0 spiro atoms. The molecule has 2 unspecified atom stereocenters. The second-order valence-corrected chi connectivity index (χ2v) is 19.6. The van der Waals surface area contributed by atoms with Gasteiger partial charge in [0.2, 0.25) is 11.8 Å². The highest BCUT2D eigenvalue weighted by Crippen LogP contribution is 2.40. The van der Waals surface area contributed by atoms with Crippen LogP contribution in [-0.4, -0.2) is 148 Å².